The van der Waals surface area contributed by atoms with Gasteiger partial charge in [-0.25, -0.2) is 0 Å². The van der Waals surface area contributed by atoms with Crippen LogP contribution in [0, 0.1) is 0 Å². The third-order valence-electron chi connectivity index (χ3n) is 11.2. The molecule has 6 rings (SSSR count). The third kappa shape index (κ3) is 8.43. The van der Waals surface area contributed by atoms with Gasteiger partial charge in [-0.15, -0.1) is 0 Å². The van der Waals surface area contributed by atoms with Crippen molar-refractivity contribution in [3.05, 3.63) is 107 Å². The third-order valence-corrected chi connectivity index (χ3v) is 11.2. The van der Waals surface area contributed by atoms with Crippen LogP contribution in [0.3, 0.4) is 0 Å². The average molecular weight is 716 g/mol. The summed E-state index contributed by atoms with van der Waals surface area (Å²) in [6.45, 7) is 3.15. The molecule has 0 aromatic heterocycles. The van der Waals surface area contributed by atoms with Crippen LogP contribution < -0.4 is 10.6 Å². The average Bonchev–Trinajstić information content (AvgIpc) is 3.12. The largest absolute Gasteiger partial charge is 0.416 e. The van der Waals surface area contributed by atoms with Gasteiger partial charge in [0.25, 0.3) is 11.8 Å². The first-order chi connectivity index (χ1) is 24.3. The van der Waals surface area contributed by atoms with E-state index in [0.717, 1.165) is 43.2 Å². The number of nitrogens with one attached hydrogen (secondary N) is 2. The molecule has 1 aliphatic carbocycles. The second-order valence-corrected chi connectivity index (χ2v) is 14.4. The van der Waals surface area contributed by atoms with E-state index in [-0.39, 0.29) is 31.1 Å². The fourth-order valence-electron chi connectivity index (χ4n) is 8.60. The summed E-state index contributed by atoms with van der Waals surface area (Å²) in [5, 5.41) is 6.88. The maximum atomic E-state index is 14.2. The van der Waals surface area contributed by atoms with Crippen LogP contribution in [0.15, 0.2) is 78.9 Å². The highest BCUT2D eigenvalue weighted by Gasteiger charge is 2.47. The number of alkyl halides is 6. The van der Waals surface area contributed by atoms with Gasteiger partial charge in [-0.3, -0.25) is 9.59 Å². The molecule has 0 bridgehead atoms. The van der Waals surface area contributed by atoms with Crippen LogP contribution in [-0.2, 0) is 29.1 Å². The zero-order chi connectivity index (χ0) is 36.3. The number of quaternary nitrogens is 1. The van der Waals surface area contributed by atoms with Crippen molar-refractivity contribution in [1.29, 1.82) is 0 Å². The Bertz CT molecular complexity index is 1620. The van der Waals surface area contributed by atoms with Gasteiger partial charge in [0, 0.05) is 44.1 Å². The number of amides is 2. The number of nitrogens with zero attached hydrogens (tertiary/aromatic N) is 2. The van der Waals surface area contributed by atoms with Crippen molar-refractivity contribution in [2.24, 2.45) is 0 Å². The summed E-state index contributed by atoms with van der Waals surface area (Å²) in [6, 6.07) is 20.0. The molecule has 3 aliphatic rings. The number of carbonyl (C=O) groups is 2. The lowest BCUT2D eigenvalue weighted by Crippen LogP contribution is -2.69. The van der Waals surface area contributed by atoms with E-state index < -0.39 is 46.5 Å². The summed E-state index contributed by atoms with van der Waals surface area (Å²) in [5.41, 5.74) is -2.12. The zero-order valence-corrected chi connectivity index (χ0v) is 28.5. The maximum Gasteiger partial charge on any atom is 0.416 e. The molecule has 2 heterocycles. The standard InChI is InChI=1S/C39H44F6N4O2/c40-38(41,42)31-23-29(24-32(25-31)39(43,44)45)36(51)48-19-14-34(26-33(48)22-28-10-4-1-5-11-28)49(20-17-46-18-21-49)27-35(50)47-37(15-8-3-9-16-37)30-12-6-2-7-13-30/h1-2,4-7,10-13,23-25,33-34,46H,3,8-9,14-22,26-27H2/p+1. The van der Waals surface area contributed by atoms with Crippen molar-refractivity contribution >= 4 is 11.8 Å². The highest BCUT2D eigenvalue weighted by Crippen LogP contribution is 2.39. The van der Waals surface area contributed by atoms with Gasteiger partial charge in [0.15, 0.2) is 6.54 Å². The first-order valence-corrected chi connectivity index (χ1v) is 17.9. The molecule has 0 spiro atoms. The second-order valence-electron chi connectivity index (χ2n) is 14.4. The molecule has 3 aromatic rings. The molecule has 2 atom stereocenters. The van der Waals surface area contributed by atoms with E-state index in [0.29, 0.717) is 62.1 Å². The highest BCUT2D eigenvalue weighted by molar-refractivity contribution is 5.95. The Morgan fingerprint density at radius 3 is 2.00 bits per heavy atom. The van der Waals surface area contributed by atoms with Gasteiger partial charge in [0.05, 0.1) is 35.8 Å². The van der Waals surface area contributed by atoms with Crippen molar-refractivity contribution in [2.75, 3.05) is 39.3 Å². The van der Waals surface area contributed by atoms with Crippen molar-refractivity contribution in [1.82, 2.24) is 15.5 Å². The number of rotatable bonds is 8. The van der Waals surface area contributed by atoms with Crippen LogP contribution in [-0.4, -0.2) is 72.5 Å². The Kier molecular flexibility index (Phi) is 10.8. The highest BCUT2D eigenvalue weighted by atomic mass is 19.4. The molecular weight excluding hydrogens is 670 g/mol. The van der Waals surface area contributed by atoms with Crippen LogP contribution in [0.25, 0.3) is 0 Å². The summed E-state index contributed by atoms with van der Waals surface area (Å²) in [6.07, 6.45) is -3.99. The number of hydrogen-bond donors (Lipinski definition) is 2. The summed E-state index contributed by atoms with van der Waals surface area (Å²) in [4.78, 5) is 29.6. The molecule has 2 N–H and O–H groups in total. The lowest BCUT2D eigenvalue weighted by Gasteiger charge is -2.52. The molecule has 3 fully saturated rings. The van der Waals surface area contributed by atoms with E-state index in [2.05, 4.69) is 22.8 Å². The second kappa shape index (κ2) is 15.0. The summed E-state index contributed by atoms with van der Waals surface area (Å²) >= 11 is 0. The van der Waals surface area contributed by atoms with E-state index >= 15 is 0 Å². The number of piperazine rings is 1. The first kappa shape index (κ1) is 36.9. The van der Waals surface area contributed by atoms with Gasteiger partial charge < -0.3 is 20.0 Å². The minimum absolute atomic E-state index is 0.0376. The minimum atomic E-state index is -5.07. The normalized spacial score (nSPS) is 22.3. The lowest BCUT2D eigenvalue weighted by molar-refractivity contribution is -0.947. The quantitative estimate of drug-likeness (QED) is 0.190. The molecule has 2 amide bonds. The fourth-order valence-corrected chi connectivity index (χ4v) is 8.60. The molecule has 2 aliphatic heterocycles. The smallest absolute Gasteiger partial charge is 0.342 e. The molecule has 2 unspecified atom stereocenters. The van der Waals surface area contributed by atoms with Crippen LogP contribution in [0.2, 0.25) is 0 Å². The number of halogens is 6. The monoisotopic (exact) mass is 715 g/mol. The van der Waals surface area contributed by atoms with Crippen LogP contribution in [0.1, 0.15) is 77.6 Å². The Morgan fingerprint density at radius 2 is 1.41 bits per heavy atom. The van der Waals surface area contributed by atoms with Gasteiger partial charge in [-0.2, -0.15) is 26.3 Å². The minimum Gasteiger partial charge on any atom is -0.342 e. The van der Waals surface area contributed by atoms with Gasteiger partial charge in [-0.1, -0.05) is 79.9 Å². The molecule has 1 saturated carbocycles. The van der Waals surface area contributed by atoms with Gasteiger partial charge in [-0.05, 0) is 48.6 Å². The van der Waals surface area contributed by atoms with E-state index in [1.165, 1.54) is 4.90 Å². The molecule has 3 aromatic carbocycles. The van der Waals surface area contributed by atoms with E-state index in [1.807, 2.05) is 48.5 Å². The van der Waals surface area contributed by atoms with Crippen LogP contribution in [0.4, 0.5) is 26.3 Å². The van der Waals surface area contributed by atoms with Crippen molar-refractivity contribution < 1.29 is 40.4 Å². The first-order valence-electron chi connectivity index (χ1n) is 17.9. The van der Waals surface area contributed by atoms with E-state index in [4.69, 9.17) is 0 Å². The van der Waals surface area contributed by atoms with E-state index in [9.17, 15) is 35.9 Å². The maximum absolute atomic E-state index is 14.2. The lowest BCUT2D eigenvalue weighted by atomic mass is 9.76. The number of hydrogen-bond acceptors (Lipinski definition) is 3. The Morgan fingerprint density at radius 1 is 0.824 bits per heavy atom. The Hall–Kier alpha value is -3.90. The Balaban J connectivity index is 1.29. The van der Waals surface area contributed by atoms with Crippen molar-refractivity contribution in [2.45, 2.75) is 81.3 Å². The van der Waals surface area contributed by atoms with Crippen molar-refractivity contribution in [3.8, 4) is 0 Å². The predicted octanol–water partition coefficient (Wildman–Crippen LogP) is 7.34. The topological polar surface area (TPSA) is 61.4 Å². The molecule has 6 nitrogen and oxygen atoms in total. The van der Waals surface area contributed by atoms with Crippen LogP contribution in [0.5, 0.6) is 0 Å². The SMILES string of the molecule is O=C(C[N+]1(C2CCN(C(=O)c3cc(C(F)(F)F)cc(C(F)(F)F)c3)C(Cc3ccccc3)C2)CCNCC1)NC1(c2ccccc2)CCCCC1. The Labute approximate surface area is 294 Å². The molecule has 0 radical (unpaired) electrons. The zero-order valence-electron chi connectivity index (χ0n) is 28.5. The predicted molar refractivity (Wildman–Crippen MR) is 182 cm³/mol. The van der Waals surface area contributed by atoms with E-state index in [1.54, 1.807) is 0 Å². The van der Waals surface area contributed by atoms with Gasteiger partial charge in [0.1, 0.15) is 0 Å². The van der Waals surface area contributed by atoms with Crippen molar-refractivity contribution in [3.63, 3.8) is 0 Å². The number of piperidine rings is 1. The molecular formula is C39H45F6N4O2+. The number of likely N-dealkylation sites (tertiary alicyclic amines) is 1. The molecule has 51 heavy (non-hydrogen) atoms. The summed E-state index contributed by atoms with van der Waals surface area (Å²) < 4.78 is 83.0. The fraction of sp³-hybridized carbons (Fsp3) is 0.487. The van der Waals surface area contributed by atoms with Crippen LogP contribution >= 0.6 is 0 Å². The molecule has 12 heteroatoms. The van der Waals surface area contributed by atoms with Gasteiger partial charge in [0.2, 0.25) is 0 Å². The molecule has 2 saturated heterocycles. The molecule has 274 valence electrons. The van der Waals surface area contributed by atoms with Gasteiger partial charge >= 0.3 is 12.4 Å². The number of benzene rings is 3. The summed E-state index contributed by atoms with van der Waals surface area (Å²) in [5.74, 6) is -0.901. The summed E-state index contributed by atoms with van der Waals surface area (Å²) in [7, 11) is 0. The number of carbonyl (C=O) groups excluding carboxylic acids is 2.